The van der Waals surface area contributed by atoms with Crippen molar-refractivity contribution >= 4 is 17.0 Å². The summed E-state index contributed by atoms with van der Waals surface area (Å²) < 4.78 is 5.93. The van der Waals surface area contributed by atoms with Crippen molar-refractivity contribution in [3.8, 4) is 11.1 Å². The number of hydrogen-bond acceptors (Lipinski definition) is 3. The lowest BCUT2D eigenvalue weighted by atomic mass is 9.96. The Morgan fingerprint density at radius 3 is 2.27 bits per heavy atom. The van der Waals surface area contributed by atoms with Crippen LogP contribution in [0.15, 0.2) is 83.3 Å². The number of likely N-dealkylation sites (tertiary alicyclic amines) is 1. The number of hydrogen-bond donors (Lipinski definition) is 0. The van der Waals surface area contributed by atoms with Crippen molar-refractivity contribution in [1.82, 2.24) is 9.88 Å². The summed E-state index contributed by atoms with van der Waals surface area (Å²) in [6.45, 7) is 1.51. The summed E-state index contributed by atoms with van der Waals surface area (Å²) in [6.07, 6.45) is 2.24. The molecule has 2 heterocycles. The molecule has 0 bridgehead atoms. The number of oxazole rings is 1. The number of piperidine rings is 1. The number of fused-ring (bicyclic) bond motifs is 1. The highest BCUT2D eigenvalue weighted by Crippen LogP contribution is 2.30. The van der Waals surface area contributed by atoms with Gasteiger partial charge in [-0.3, -0.25) is 4.79 Å². The first-order chi connectivity index (χ1) is 14.8. The zero-order valence-corrected chi connectivity index (χ0v) is 16.8. The van der Waals surface area contributed by atoms with Gasteiger partial charge in [-0.05, 0) is 41.7 Å². The molecule has 3 aromatic carbocycles. The summed E-state index contributed by atoms with van der Waals surface area (Å²) >= 11 is 0. The SMILES string of the molecule is O=C(Cc1ccc(-c2ccccc2)cc1)N1CCC(c2nc3ccccc3o2)CC1. The molecule has 0 unspecified atom stereocenters. The van der Waals surface area contributed by atoms with Crippen molar-refractivity contribution in [2.45, 2.75) is 25.2 Å². The van der Waals surface area contributed by atoms with E-state index >= 15 is 0 Å². The van der Waals surface area contributed by atoms with Crippen LogP contribution in [0.25, 0.3) is 22.2 Å². The first kappa shape index (κ1) is 18.6. The number of nitrogens with zero attached hydrogens (tertiary/aromatic N) is 2. The molecule has 0 aliphatic carbocycles. The molecule has 1 aliphatic heterocycles. The van der Waals surface area contributed by atoms with Gasteiger partial charge in [0.15, 0.2) is 11.5 Å². The highest BCUT2D eigenvalue weighted by Gasteiger charge is 2.27. The van der Waals surface area contributed by atoms with E-state index in [0.29, 0.717) is 6.42 Å². The molecule has 1 aliphatic rings. The van der Waals surface area contributed by atoms with Gasteiger partial charge in [0.05, 0.1) is 6.42 Å². The maximum Gasteiger partial charge on any atom is 0.226 e. The second-order valence-electron chi connectivity index (χ2n) is 7.91. The molecule has 4 aromatic rings. The normalized spacial score (nSPS) is 14.9. The third-order valence-corrected chi connectivity index (χ3v) is 5.92. The van der Waals surface area contributed by atoms with Gasteiger partial charge in [-0.15, -0.1) is 0 Å². The van der Waals surface area contributed by atoms with E-state index in [1.807, 2.05) is 47.4 Å². The number of benzene rings is 3. The minimum atomic E-state index is 0.193. The zero-order chi connectivity index (χ0) is 20.3. The van der Waals surface area contributed by atoms with Crippen molar-refractivity contribution in [2.24, 2.45) is 0 Å². The lowest BCUT2D eigenvalue weighted by molar-refractivity contribution is -0.131. The van der Waals surface area contributed by atoms with E-state index in [1.165, 1.54) is 11.1 Å². The van der Waals surface area contributed by atoms with E-state index in [1.54, 1.807) is 0 Å². The Hall–Kier alpha value is -3.40. The van der Waals surface area contributed by atoms with Crippen molar-refractivity contribution < 1.29 is 9.21 Å². The lowest BCUT2D eigenvalue weighted by Gasteiger charge is -2.30. The Morgan fingerprint density at radius 1 is 0.867 bits per heavy atom. The summed E-state index contributed by atoms with van der Waals surface area (Å²) in [6, 6.07) is 26.5. The van der Waals surface area contributed by atoms with E-state index in [4.69, 9.17) is 4.42 Å². The Labute approximate surface area is 176 Å². The lowest BCUT2D eigenvalue weighted by Crippen LogP contribution is -2.38. The van der Waals surface area contributed by atoms with E-state index in [-0.39, 0.29) is 11.8 Å². The van der Waals surface area contributed by atoms with Crippen LogP contribution in [0.4, 0.5) is 0 Å². The monoisotopic (exact) mass is 396 g/mol. The smallest absolute Gasteiger partial charge is 0.226 e. The van der Waals surface area contributed by atoms with E-state index in [2.05, 4.69) is 41.4 Å². The van der Waals surface area contributed by atoms with Crippen molar-refractivity contribution in [2.75, 3.05) is 13.1 Å². The molecule has 0 spiro atoms. The predicted molar refractivity (Wildman–Crippen MR) is 118 cm³/mol. The van der Waals surface area contributed by atoms with Crippen LogP contribution in [0.5, 0.6) is 0 Å². The first-order valence-electron chi connectivity index (χ1n) is 10.5. The summed E-state index contributed by atoms with van der Waals surface area (Å²) in [5.74, 6) is 1.28. The summed E-state index contributed by atoms with van der Waals surface area (Å²) in [4.78, 5) is 19.4. The van der Waals surface area contributed by atoms with E-state index in [0.717, 1.165) is 48.5 Å². The molecule has 1 amide bonds. The van der Waals surface area contributed by atoms with Gasteiger partial charge >= 0.3 is 0 Å². The van der Waals surface area contributed by atoms with Gasteiger partial charge in [-0.1, -0.05) is 66.7 Å². The maximum absolute atomic E-state index is 12.8. The Kier molecular flexibility index (Phi) is 5.06. The minimum absolute atomic E-state index is 0.193. The number of aromatic nitrogens is 1. The molecule has 150 valence electrons. The topological polar surface area (TPSA) is 46.3 Å². The van der Waals surface area contributed by atoms with Gasteiger partial charge in [-0.25, -0.2) is 4.98 Å². The van der Waals surface area contributed by atoms with Crippen molar-refractivity contribution in [1.29, 1.82) is 0 Å². The van der Waals surface area contributed by atoms with Gasteiger partial charge in [0.25, 0.3) is 0 Å². The van der Waals surface area contributed by atoms with Gasteiger partial charge < -0.3 is 9.32 Å². The van der Waals surface area contributed by atoms with E-state index in [9.17, 15) is 4.79 Å². The highest BCUT2D eigenvalue weighted by molar-refractivity contribution is 5.79. The quantitative estimate of drug-likeness (QED) is 0.461. The number of carbonyl (C=O) groups excluding carboxylic acids is 1. The summed E-state index contributed by atoms with van der Waals surface area (Å²) in [5, 5.41) is 0. The van der Waals surface area contributed by atoms with Gasteiger partial charge in [-0.2, -0.15) is 0 Å². The number of rotatable bonds is 4. The molecule has 1 saturated heterocycles. The Bertz CT molecular complexity index is 1110. The van der Waals surface area contributed by atoms with Gasteiger partial charge in [0, 0.05) is 19.0 Å². The third kappa shape index (κ3) is 3.86. The fourth-order valence-corrected chi connectivity index (χ4v) is 4.17. The second kappa shape index (κ2) is 8.15. The van der Waals surface area contributed by atoms with Gasteiger partial charge in [0.2, 0.25) is 5.91 Å². The Morgan fingerprint density at radius 2 is 1.53 bits per heavy atom. The first-order valence-corrected chi connectivity index (χ1v) is 10.5. The predicted octanol–water partition coefficient (Wildman–Crippen LogP) is 5.44. The molecule has 0 saturated carbocycles. The molecular weight excluding hydrogens is 372 g/mol. The van der Waals surface area contributed by atoms with Crippen LogP contribution < -0.4 is 0 Å². The van der Waals surface area contributed by atoms with Crippen LogP contribution in [-0.4, -0.2) is 28.9 Å². The highest BCUT2D eigenvalue weighted by atomic mass is 16.3. The number of carbonyl (C=O) groups is 1. The third-order valence-electron chi connectivity index (χ3n) is 5.92. The van der Waals surface area contributed by atoms with Crippen LogP contribution in [0, 0.1) is 0 Å². The molecule has 0 N–H and O–H groups in total. The Balaban J connectivity index is 1.19. The van der Waals surface area contributed by atoms with Crippen molar-refractivity contribution in [3.63, 3.8) is 0 Å². The fourth-order valence-electron chi connectivity index (χ4n) is 4.17. The van der Waals surface area contributed by atoms with Crippen LogP contribution in [0.2, 0.25) is 0 Å². The number of amides is 1. The molecular formula is C26H24N2O2. The molecule has 4 nitrogen and oxygen atoms in total. The average Bonchev–Trinajstić information content (AvgIpc) is 3.25. The molecule has 0 radical (unpaired) electrons. The standard InChI is InChI=1S/C26H24N2O2/c29-25(18-19-10-12-21(13-11-19)20-6-2-1-3-7-20)28-16-14-22(15-17-28)26-27-23-8-4-5-9-24(23)30-26/h1-13,22H,14-18H2. The zero-order valence-electron chi connectivity index (χ0n) is 16.8. The minimum Gasteiger partial charge on any atom is -0.440 e. The summed E-state index contributed by atoms with van der Waals surface area (Å²) in [7, 11) is 0. The largest absolute Gasteiger partial charge is 0.440 e. The van der Waals surface area contributed by atoms with Crippen LogP contribution >= 0.6 is 0 Å². The molecule has 4 heteroatoms. The fraction of sp³-hybridized carbons (Fsp3) is 0.231. The second-order valence-corrected chi connectivity index (χ2v) is 7.91. The molecule has 0 atom stereocenters. The van der Waals surface area contributed by atoms with Gasteiger partial charge in [0.1, 0.15) is 5.52 Å². The molecule has 30 heavy (non-hydrogen) atoms. The van der Waals surface area contributed by atoms with E-state index < -0.39 is 0 Å². The number of para-hydroxylation sites is 2. The van der Waals surface area contributed by atoms with Crippen molar-refractivity contribution in [3.05, 3.63) is 90.3 Å². The van der Waals surface area contributed by atoms with Crippen LogP contribution in [-0.2, 0) is 11.2 Å². The van der Waals surface area contributed by atoms with Crippen LogP contribution in [0.3, 0.4) is 0 Å². The maximum atomic E-state index is 12.8. The average molecular weight is 396 g/mol. The summed E-state index contributed by atoms with van der Waals surface area (Å²) in [5.41, 5.74) is 5.17. The molecule has 1 aromatic heterocycles. The molecule has 1 fully saturated rings. The van der Waals surface area contributed by atoms with Crippen LogP contribution in [0.1, 0.15) is 30.2 Å². The molecule has 5 rings (SSSR count).